The second-order valence-electron chi connectivity index (χ2n) is 7.64. The maximum atomic E-state index is 13.9. The summed E-state index contributed by atoms with van der Waals surface area (Å²) in [6, 6.07) is 27.2. The quantitative estimate of drug-likeness (QED) is 0.468. The summed E-state index contributed by atoms with van der Waals surface area (Å²) in [5, 5.41) is 12.0. The Morgan fingerprint density at radius 3 is 2.12 bits per heavy atom. The molecule has 4 rings (SSSR count). The number of aliphatic hydroxyl groups is 1. The molecule has 1 aliphatic rings. The first-order valence-electron chi connectivity index (χ1n) is 10.6. The molecule has 0 radical (unpaired) electrons. The first-order chi connectivity index (χ1) is 15.6. The van der Waals surface area contributed by atoms with Crippen molar-refractivity contribution in [3.05, 3.63) is 114 Å². The van der Waals surface area contributed by atoms with Gasteiger partial charge in [0.1, 0.15) is 0 Å². The number of nitrogens with zero attached hydrogens (tertiary/aromatic N) is 1. The molecule has 1 heterocycles. The molecule has 0 saturated carbocycles. The molecule has 3 aromatic carbocycles. The summed E-state index contributed by atoms with van der Waals surface area (Å²) in [5.41, 5.74) is 0.145. The summed E-state index contributed by atoms with van der Waals surface area (Å²) in [6.45, 7) is 1.98. The zero-order valence-electron chi connectivity index (χ0n) is 17.8. The molecular weight excluding hydrogens is 402 g/mol. The molecule has 162 valence electrons. The zero-order valence-corrected chi connectivity index (χ0v) is 17.8. The van der Waals surface area contributed by atoms with Gasteiger partial charge >= 0.3 is 5.97 Å². The molecule has 0 bridgehead atoms. The molecule has 1 aliphatic heterocycles. The van der Waals surface area contributed by atoms with Gasteiger partial charge in [-0.2, -0.15) is 0 Å². The molecule has 1 saturated heterocycles. The minimum atomic E-state index is -1.86. The van der Waals surface area contributed by atoms with Gasteiger partial charge in [-0.25, -0.2) is 4.79 Å². The first-order valence-corrected chi connectivity index (χ1v) is 10.6. The van der Waals surface area contributed by atoms with Crippen molar-refractivity contribution in [3.8, 4) is 0 Å². The monoisotopic (exact) mass is 427 g/mol. The van der Waals surface area contributed by atoms with Crippen molar-refractivity contribution < 1.29 is 19.4 Å². The topological polar surface area (TPSA) is 66.8 Å². The van der Waals surface area contributed by atoms with Gasteiger partial charge in [0, 0.05) is 17.7 Å². The third-order valence-corrected chi connectivity index (χ3v) is 5.76. The van der Waals surface area contributed by atoms with Gasteiger partial charge in [0.2, 0.25) is 0 Å². The largest absolute Gasteiger partial charge is 0.463 e. The van der Waals surface area contributed by atoms with E-state index in [4.69, 9.17) is 4.74 Å². The molecule has 5 nitrogen and oxygen atoms in total. The number of ether oxygens (including phenoxy) is 1. The molecule has 1 amide bonds. The van der Waals surface area contributed by atoms with E-state index < -0.39 is 29.4 Å². The van der Waals surface area contributed by atoms with E-state index in [1.165, 1.54) is 6.08 Å². The van der Waals surface area contributed by atoms with E-state index in [1.807, 2.05) is 66.7 Å². The highest BCUT2D eigenvalue weighted by Gasteiger charge is 2.59. The molecule has 32 heavy (non-hydrogen) atoms. The maximum absolute atomic E-state index is 13.9. The fourth-order valence-electron chi connectivity index (χ4n) is 4.34. The summed E-state index contributed by atoms with van der Waals surface area (Å²) in [4.78, 5) is 27.7. The van der Waals surface area contributed by atoms with Crippen LogP contribution >= 0.6 is 0 Å². The number of amides is 1. The number of esters is 1. The highest BCUT2D eigenvalue weighted by molar-refractivity contribution is 6.04. The lowest BCUT2D eigenvalue weighted by atomic mass is 9.78. The van der Waals surface area contributed by atoms with E-state index in [0.29, 0.717) is 11.3 Å². The predicted octanol–water partition coefficient (Wildman–Crippen LogP) is 4.40. The lowest BCUT2D eigenvalue weighted by Crippen LogP contribution is -2.40. The molecule has 0 spiro atoms. The van der Waals surface area contributed by atoms with Gasteiger partial charge in [0.25, 0.3) is 5.91 Å². The lowest BCUT2D eigenvalue weighted by Gasteiger charge is -2.28. The molecule has 0 aliphatic carbocycles. The number of carbonyl (C=O) groups is 2. The average molecular weight is 428 g/mol. The number of anilines is 1. The van der Waals surface area contributed by atoms with Crippen LogP contribution in [0.5, 0.6) is 0 Å². The van der Waals surface area contributed by atoms with Crippen molar-refractivity contribution in [2.75, 3.05) is 11.5 Å². The van der Waals surface area contributed by atoms with Crippen LogP contribution in [-0.4, -0.2) is 23.6 Å². The molecule has 0 unspecified atom stereocenters. The second-order valence-corrected chi connectivity index (χ2v) is 7.64. The van der Waals surface area contributed by atoms with Crippen LogP contribution in [0.2, 0.25) is 0 Å². The Labute approximate surface area is 187 Å². The molecular formula is C27H25NO4. The lowest BCUT2D eigenvalue weighted by molar-refractivity contribution is -0.138. The first kappa shape index (κ1) is 21.5. The molecule has 1 fully saturated rings. The molecule has 0 aromatic heterocycles. The van der Waals surface area contributed by atoms with Crippen molar-refractivity contribution in [3.63, 3.8) is 0 Å². The van der Waals surface area contributed by atoms with Crippen LogP contribution in [0.1, 0.15) is 24.1 Å². The standard InChI is InChI=1S/C27H25NO4/c1-2-32-24(29)19-18-23-25(20-12-6-3-7-13-20)28(22-16-10-5-11-17-22)26(30)27(23,31)21-14-8-4-9-15-21/h3-19,23,25,31H,2H2,1H3/b19-18+/t23-,25-,27+/m1/s1. The highest BCUT2D eigenvalue weighted by Crippen LogP contribution is 2.51. The number of benzene rings is 3. The number of hydrogen-bond acceptors (Lipinski definition) is 4. The minimum absolute atomic E-state index is 0.244. The van der Waals surface area contributed by atoms with Gasteiger partial charge in [-0.15, -0.1) is 0 Å². The third-order valence-electron chi connectivity index (χ3n) is 5.76. The van der Waals surface area contributed by atoms with Gasteiger partial charge in [-0.05, 0) is 30.2 Å². The van der Waals surface area contributed by atoms with Gasteiger partial charge < -0.3 is 14.7 Å². The van der Waals surface area contributed by atoms with Crippen molar-refractivity contribution in [2.24, 2.45) is 5.92 Å². The van der Waals surface area contributed by atoms with E-state index in [-0.39, 0.29) is 6.61 Å². The van der Waals surface area contributed by atoms with E-state index in [1.54, 1.807) is 42.2 Å². The van der Waals surface area contributed by atoms with Crippen LogP contribution in [0.4, 0.5) is 5.69 Å². The maximum Gasteiger partial charge on any atom is 0.330 e. The number of rotatable bonds is 6. The Hall–Kier alpha value is -3.70. The van der Waals surface area contributed by atoms with Crippen molar-refractivity contribution in [1.82, 2.24) is 0 Å². The van der Waals surface area contributed by atoms with Crippen LogP contribution in [0, 0.1) is 5.92 Å². The van der Waals surface area contributed by atoms with Crippen LogP contribution < -0.4 is 4.90 Å². The Bertz CT molecular complexity index is 1100. The second kappa shape index (κ2) is 9.20. The van der Waals surface area contributed by atoms with Crippen LogP contribution in [0.25, 0.3) is 0 Å². The number of para-hydroxylation sites is 1. The smallest absolute Gasteiger partial charge is 0.330 e. The van der Waals surface area contributed by atoms with Crippen LogP contribution in [0.3, 0.4) is 0 Å². The highest BCUT2D eigenvalue weighted by atomic mass is 16.5. The molecule has 3 atom stereocenters. The van der Waals surface area contributed by atoms with Crippen LogP contribution in [-0.2, 0) is 19.9 Å². The fraction of sp³-hybridized carbons (Fsp3) is 0.185. The van der Waals surface area contributed by atoms with Crippen molar-refractivity contribution in [2.45, 2.75) is 18.6 Å². The van der Waals surface area contributed by atoms with Crippen molar-refractivity contribution in [1.29, 1.82) is 0 Å². The number of hydrogen-bond donors (Lipinski definition) is 1. The fourth-order valence-corrected chi connectivity index (χ4v) is 4.34. The predicted molar refractivity (Wildman–Crippen MR) is 123 cm³/mol. The average Bonchev–Trinajstić information content (AvgIpc) is 3.07. The normalized spacial score (nSPS) is 22.9. The third kappa shape index (κ3) is 3.83. The summed E-state index contributed by atoms with van der Waals surface area (Å²) in [7, 11) is 0. The number of carbonyl (C=O) groups excluding carboxylic acids is 2. The molecule has 5 heteroatoms. The van der Waals surface area contributed by atoms with E-state index >= 15 is 0 Å². The van der Waals surface area contributed by atoms with Gasteiger partial charge in [-0.1, -0.05) is 84.9 Å². The summed E-state index contributed by atoms with van der Waals surface area (Å²) in [6.07, 6.45) is 2.91. The Morgan fingerprint density at radius 2 is 1.53 bits per heavy atom. The van der Waals surface area contributed by atoms with Gasteiger partial charge in [0.15, 0.2) is 5.60 Å². The SMILES string of the molecule is CCOC(=O)/C=C/[C@@H]1[C@@H](c2ccccc2)N(c2ccccc2)C(=O)[C@]1(O)c1ccccc1. The van der Waals surface area contributed by atoms with Gasteiger partial charge in [0.05, 0.1) is 12.6 Å². The molecule has 1 N–H and O–H groups in total. The Balaban J connectivity index is 1.92. The summed E-state index contributed by atoms with van der Waals surface area (Å²) < 4.78 is 5.05. The Kier molecular flexibility index (Phi) is 6.19. The summed E-state index contributed by atoms with van der Waals surface area (Å²) in [5.74, 6) is -1.69. The minimum Gasteiger partial charge on any atom is -0.463 e. The van der Waals surface area contributed by atoms with Gasteiger partial charge in [-0.3, -0.25) is 4.79 Å². The van der Waals surface area contributed by atoms with Crippen LogP contribution in [0.15, 0.2) is 103 Å². The Morgan fingerprint density at radius 1 is 0.969 bits per heavy atom. The summed E-state index contributed by atoms with van der Waals surface area (Å²) >= 11 is 0. The molecule has 3 aromatic rings. The van der Waals surface area contributed by atoms with E-state index in [2.05, 4.69) is 0 Å². The zero-order chi connectivity index (χ0) is 22.6. The van der Waals surface area contributed by atoms with E-state index in [0.717, 1.165) is 5.56 Å². The van der Waals surface area contributed by atoms with Crippen molar-refractivity contribution >= 4 is 17.6 Å². The van der Waals surface area contributed by atoms with E-state index in [9.17, 15) is 14.7 Å².